The Kier molecular flexibility index (Phi) is 3.46. The van der Waals surface area contributed by atoms with Crippen LogP contribution in [0.5, 0.6) is 11.5 Å². The highest BCUT2D eigenvalue weighted by Gasteiger charge is 2.06. The quantitative estimate of drug-likeness (QED) is 0.803. The van der Waals surface area contributed by atoms with Crippen molar-refractivity contribution in [1.82, 2.24) is 0 Å². The molecule has 0 aliphatic carbocycles. The van der Waals surface area contributed by atoms with Gasteiger partial charge < -0.3 is 10.5 Å². The summed E-state index contributed by atoms with van der Waals surface area (Å²) >= 11 is 11.8. The fraction of sp³-hybridized carbons (Fsp3) is 0.0769. The van der Waals surface area contributed by atoms with Crippen molar-refractivity contribution in [2.75, 3.05) is 5.73 Å². The first-order valence-corrected chi connectivity index (χ1v) is 5.81. The maximum atomic E-state index is 6.03. The molecule has 0 atom stereocenters. The topological polar surface area (TPSA) is 35.2 Å². The molecule has 88 valence electrons. The zero-order valence-corrected chi connectivity index (χ0v) is 10.7. The molecule has 0 saturated heterocycles. The summed E-state index contributed by atoms with van der Waals surface area (Å²) in [6.45, 7) is 1.93. The van der Waals surface area contributed by atoms with Gasteiger partial charge in [0.05, 0.1) is 5.02 Å². The Hall–Kier alpha value is -1.38. The molecule has 0 heterocycles. The number of aryl methyl sites for hydroxylation is 1. The molecule has 2 aromatic carbocycles. The van der Waals surface area contributed by atoms with Crippen molar-refractivity contribution in [3.63, 3.8) is 0 Å². The first kappa shape index (κ1) is 12.1. The van der Waals surface area contributed by atoms with Crippen LogP contribution in [0.4, 0.5) is 5.69 Å². The lowest BCUT2D eigenvalue weighted by molar-refractivity contribution is 0.479. The van der Waals surface area contributed by atoms with E-state index in [1.54, 1.807) is 24.3 Å². The number of halogens is 2. The summed E-state index contributed by atoms with van der Waals surface area (Å²) in [5, 5.41) is 1.06. The normalized spacial score (nSPS) is 10.3. The van der Waals surface area contributed by atoms with Gasteiger partial charge in [0, 0.05) is 10.7 Å². The Labute approximate surface area is 110 Å². The molecule has 0 aromatic heterocycles. The van der Waals surface area contributed by atoms with E-state index >= 15 is 0 Å². The second-order valence-corrected chi connectivity index (χ2v) is 4.55. The van der Waals surface area contributed by atoms with E-state index in [0.29, 0.717) is 21.5 Å². The van der Waals surface area contributed by atoms with Crippen molar-refractivity contribution in [2.45, 2.75) is 6.92 Å². The van der Waals surface area contributed by atoms with E-state index in [1.165, 1.54) is 0 Å². The minimum Gasteiger partial charge on any atom is -0.456 e. The first-order valence-electron chi connectivity index (χ1n) is 5.05. The maximum Gasteiger partial charge on any atom is 0.146 e. The van der Waals surface area contributed by atoms with Crippen LogP contribution in [0.1, 0.15) is 5.56 Å². The van der Waals surface area contributed by atoms with Crippen molar-refractivity contribution in [3.05, 3.63) is 52.0 Å². The van der Waals surface area contributed by atoms with Gasteiger partial charge >= 0.3 is 0 Å². The van der Waals surface area contributed by atoms with Crippen molar-refractivity contribution in [2.24, 2.45) is 0 Å². The number of hydrogen-bond donors (Lipinski definition) is 1. The van der Waals surface area contributed by atoms with E-state index in [1.807, 2.05) is 19.1 Å². The molecule has 2 aromatic rings. The molecule has 0 unspecified atom stereocenters. The minimum atomic E-state index is 0.480. The Morgan fingerprint density at radius 1 is 1.00 bits per heavy atom. The van der Waals surface area contributed by atoms with Gasteiger partial charge in [0.15, 0.2) is 0 Å². The number of hydrogen-bond acceptors (Lipinski definition) is 2. The van der Waals surface area contributed by atoms with Gasteiger partial charge in [-0.15, -0.1) is 0 Å². The third kappa shape index (κ3) is 2.84. The monoisotopic (exact) mass is 267 g/mol. The molecule has 2 nitrogen and oxygen atoms in total. The first-order chi connectivity index (χ1) is 8.06. The van der Waals surface area contributed by atoms with Crippen molar-refractivity contribution in [3.8, 4) is 11.5 Å². The van der Waals surface area contributed by atoms with Crippen molar-refractivity contribution >= 4 is 28.9 Å². The van der Waals surface area contributed by atoms with Crippen LogP contribution in [0.3, 0.4) is 0 Å². The van der Waals surface area contributed by atoms with E-state index in [4.69, 9.17) is 33.7 Å². The lowest BCUT2D eigenvalue weighted by Crippen LogP contribution is -1.91. The summed E-state index contributed by atoms with van der Waals surface area (Å²) in [6.07, 6.45) is 0. The molecule has 2 N–H and O–H groups in total. The molecule has 0 aliphatic heterocycles. The van der Waals surface area contributed by atoms with E-state index in [2.05, 4.69) is 0 Å². The van der Waals surface area contributed by atoms with Gasteiger partial charge in [0.2, 0.25) is 0 Å². The van der Waals surface area contributed by atoms with Gasteiger partial charge in [-0.1, -0.05) is 23.2 Å². The van der Waals surface area contributed by atoms with Crippen molar-refractivity contribution < 1.29 is 4.74 Å². The minimum absolute atomic E-state index is 0.480. The lowest BCUT2D eigenvalue weighted by Gasteiger charge is -2.10. The van der Waals surface area contributed by atoms with Gasteiger partial charge in [-0.25, -0.2) is 0 Å². The third-order valence-corrected chi connectivity index (χ3v) is 2.84. The predicted octanol–water partition coefficient (Wildman–Crippen LogP) is 4.68. The summed E-state index contributed by atoms with van der Waals surface area (Å²) in [5.74, 6) is 1.30. The number of nitrogen functional groups attached to an aromatic ring is 1. The van der Waals surface area contributed by atoms with Gasteiger partial charge in [-0.05, 0) is 48.9 Å². The van der Waals surface area contributed by atoms with Crippen LogP contribution in [0.2, 0.25) is 10.0 Å². The van der Waals surface area contributed by atoms with E-state index < -0.39 is 0 Å². The van der Waals surface area contributed by atoms with Gasteiger partial charge in [-0.2, -0.15) is 0 Å². The highest BCUT2D eigenvalue weighted by molar-refractivity contribution is 6.35. The molecule has 4 heteroatoms. The maximum absolute atomic E-state index is 6.03. The van der Waals surface area contributed by atoms with Crippen LogP contribution in [-0.2, 0) is 0 Å². The predicted molar refractivity (Wildman–Crippen MR) is 72.1 cm³/mol. The number of nitrogens with two attached hydrogens (primary N) is 1. The largest absolute Gasteiger partial charge is 0.456 e. The summed E-state index contributed by atoms with van der Waals surface area (Å²) < 4.78 is 5.70. The van der Waals surface area contributed by atoms with Crippen LogP contribution in [-0.4, -0.2) is 0 Å². The summed E-state index contributed by atoms with van der Waals surface area (Å²) in [4.78, 5) is 0. The summed E-state index contributed by atoms with van der Waals surface area (Å²) in [5.41, 5.74) is 7.33. The van der Waals surface area contributed by atoms with Crippen LogP contribution >= 0.6 is 23.2 Å². The molecule has 0 saturated carbocycles. The smallest absolute Gasteiger partial charge is 0.146 e. The Morgan fingerprint density at radius 2 is 1.71 bits per heavy atom. The highest BCUT2D eigenvalue weighted by Crippen LogP contribution is 2.33. The Morgan fingerprint density at radius 3 is 2.35 bits per heavy atom. The van der Waals surface area contributed by atoms with Crippen molar-refractivity contribution in [1.29, 1.82) is 0 Å². The molecule has 2 rings (SSSR count). The number of rotatable bonds is 2. The van der Waals surface area contributed by atoms with E-state index in [-0.39, 0.29) is 0 Å². The van der Waals surface area contributed by atoms with E-state index in [9.17, 15) is 0 Å². The Bertz CT molecular complexity index is 506. The van der Waals surface area contributed by atoms with Gasteiger partial charge in [-0.3, -0.25) is 0 Å². The lowest BCUT2D eigenvalue weighted by atomic mass is 10.2. The fourth-order valence-corrected chi connectivity index (χ4v) is 1.91. The average Bonchev–Trinajstić information content (AvgIpc) is 2.25. The van der Waals surface area contributed by atoms with Crippen LogP contribution in [0.15, 0.2) is 36.4 Å². The summed E-state index contributed by atoms with van der Waals surface area (Å²) in [6, 6.07) is 10.6. The zero-order chi connectivity index (χ0) is 12.4. The second kappa shape index (κ2) is 4.86. The van der Waals surface area contributed by atoms with Crippen LogP contribution < -0.4 is 10.5 Å². The highest BCUT2D eigenvalue weighted by atomic mass is 35.5. The molecular formula is C13H11Cl2NO. The second-order valence-electron chi connectivity index (χ2n) is 3.70. The Balaban J connectivity index is 2.31. The molecular weight excluding hydrogens is 257 g/mol. The SMILES string of the molecule is Cc1cc(N)ccc1Oc1ccc(Cl)cc1Cl. The van der Waals surface area contributed by atoms with Gasteiger partial charge in [0.25, 0.3) is 0 Å². The fourth-order valence-electron chi connectivity index (χ4n) is 1.46. The zero-order valence-electron chi connectivity index (χ0n) is 9.21. The molecule has 0 spiro atoms. The van der Waals surface area contributed by atoms with Crippen LogP contribution in [0, 0.1) is 6.92 Å². The van der Waals surface area contributed by atoms with Crippen LogP contribution in [0.25, 0.3) is 0 Å². The standard InChI is InChI=1S/C13H11Cl2NO/c1-8-6-10(16)3-5-12(8)17-13-4-2-9(14)7-11(13)15/h2-7H,16H2,1H3. The third-order valence-electron chi connectivity index (χ3n) is 2.31. The molecule has 0 amide bonds. The van der Waals surface area contributed by atoms with Gasteiger partial charge in [0.1, 0.15) is 11.5 Å². The average molecular weight is 268 g/mol. The number of ether oxygens (including phenoxy) is 1. The summed E-state index contributed by atoms with van der Waals surface area (Å²) in [7, 11) is 0. The number of anilines is 1. The molecule has 0 aliphatic rings. The number of benzene rings is 2. The molecule has 0 bridgehead atoms. The van der Waals surface area contributed by atoms with E-state index in [0.717, 1.165) is 11.3 Å². The molecule has 0 radical (unpaired) electrons. The molecule has 0 fully saturated rings. The molecule has 17 heavy (non-hydrogen) atoms.